The number of aromatic nitrogens is 4. The van der Waals surface area contributed by atoms with Crippen molar-refractivity contribution in [2.24, 2.45) is 4.99 Å². The summed E-state index contributed by atoms with van der Waals surface area (Å²) in [6.45, 7) is 10.5. The molecule has 2 amide bonds. The quantitative estimate of drug-likeness (QED) is 0.0104. The summed E-state index contributed by atoms with van der Waals surface area (Å²) in [6.07, 6.45) is 10.8. The third-order valence-electron chi connectivity index (χ3n) is 17.4. The van der Waals surface area contributed by atoms with E-state index < -0.39 is 80.5 Å². The monoisotopic (exact) mass is 1440 g/mol. The van der Waals surface area contributed by atoms with E-state index in [-0.39, 0.29) is 87.9 Å². The Morgan fingerprint density at radius 3 is 2.15 bits per heavy atom. The van der Waals surface area contributed by atoms with Crippen LogP contribution in [-0.2, 0) is 67.4 Å². The van der Waals surface area contributed by atoms with Crippen LogP contribution in [0, 0.1) is 6.92 Å². The first kappa shape index (κ1) is 76.0. The molecule has 1 aliphatic carbocycles. The number of carboxylic acid groups (broad SMARTS) is 1. The molecule has 2 aromatic heterocycles. The van der Waals surface area contributed by atoms with E-state index in [1.807, 2.05) is 51.7 Å². The van der Waals surface area contributed by atoms with Gasteiger partial charge in [-0.1, -0.05) is 46.3 Å². The number of carbonyl (C=O) groups excluding carboxylic acids is 2. The first-order valence-electron chi connectivity index (χ1n) is 32.0. The number of benzene rings is 4. The number of hydrogen-bond acceptors (Lipinski definition) is 20. The van der Waals surface area contributed by atoms with Gasteiger partial charge in [0.15, 0.2) is 11.2 Å². The van der Waals surface area contributed by atoms with E-state index in [2.05, 4.69) is 35.9 Å². The van der Waals surface area contributed by atoms with E-state index in [1.54, 1.807) is 24.3 Å². The van der Waals surface area contributed by atoms with Crippen molar-refractivity contribution in [3.05, 3.63) is 164 Å². The van der Waals surface area contributed by atoms with E-state index in [0.717, 1.165) is 16.7 Å². The summed E-state index contributed by atoms with van der Waals surface area (Å²) in [7, 11) is -18.0. The van der Waals surface area contributed by atoms with E-state index in [4.69, 9.17) is 15.5 Å². The average Bonchev–Trinajstić information content (AvgIpc) is 1.59. The van der Waals surface area contributed by atoms with E-state index in [1.165, 1.54) is 66.9 Å². The molecule has 0 radical (unpaired) electrons. The molecule has 0 spiro atoms. The molecule has 2 aliphatic rings. The van der Waals surface area contributed by atoms with Crippen LogP contribution >= 0.6 is 0 Å². The molecule has 532 valence electrons. The summed E-state index contributed by atoms with van der Waals surface area (Å²) in [4.78, 5) is 71.4. The Morgan fingerprint density at radius 1 is 0.798 bits per heavy atom. The molecule has 0 saturated heterocycles. The first-order valence-corrected chi connectivity index (χ1v) is 37.9. The number of allylic oxidation sites excluding steroid dienone is 5. The van der Waals surface area contributed by atoms with Crippen LogP contribution in [0.1, 0.15) is 150 Å². The fourth-order valence-corrected chi connectivity index (χ4v) is 14.1. The number of fused-ring (bicyclic) bond motifs is 2. The number of aliphatic imine (C=N–C) groups is 1. The lowest BCUT2D eigenvalue weighted by atomic mass is 9.75. The second-order valence-electron chi connectivity index (χ2n) is 25.3. The molecule has 32 heteroatoms. The van der Waals surface area contributed by atoms with Crippen molar-refractivity contribution < 1.29 is 76.1 Å². The highest BCUT2D eigenvalue weighted by Crippen LogP contribution is 2.49. The molecule has 3 heterocycles. The molecule has 1 atom stereocenters. The number of H-pyrrole nitrogens is 1. The number of hydrogen-bond donors (Lipinski definition) is 10. The topological polar surface area (TPSA) is 447 Å². The van der Waals surface area contributed by atoms with Gasteiger partial charge >= 0.3 is 5.97 Å². The fourth-order valence-electron chi connectivity index (χ4n) is 12.1. The largest absolute Gasteiger partial charge is 0.480 e. The van der Waals surface area contributed by atoms with Crippen LogP contribution in [0.5, 0.6) is 5.75 Å². The number of nitrogens with two attached hydrogens (primary N) is 1. The number of nitrogen functional groups attached to an aromatic ring is 1. The highest BCUT2D eigenvalue weighted by Gasteiger charge is 2.41. The van der Waals surface area contributed by atoms with Crippen molar-refractivity contribution in [3.8, 4) is 5.75 Å². The Labute approximate surface area is 574 Å². The molecule has 4 aromatic carbocycles. The van der Waals surface area contributed by atoms with Crippen LogP contribution in [-0.4, -0.2) is 132 Å². The Hall–Kier alpha value is -8.76. The lowest BCUT2D eigenvalue weighted by Crippen LogP contribution is -2.40. The van der Waals surface area contributed by atoms with Gasteiger partial charge in [0.25, 0.3) is 51.9 Å². The Morgan fingerprint density at radius 2 is 1.47 bits per heavy atom. The van der Waals surface area contributed by atoms with Crippen LogP contribution < -0.4 is 36.9 Å². The number of ether oxygens (including phenoxy) is 1. The molecule has 28 nitrogen and oxygen atoms in total. The van der Waals surface area contributed by atoms with Gasteiger partial charge in [-0.15, -0.1) is 0 Å². The Balaban J connectivity index is 0.927. The molecule has 1 aliphatic heterocycles. The molecule has 11 N–H and O–H groups in total. The number of carboxylic acids is 1. The van der Waals surface area contributed by atoms with Gasteiger partial charge in [-0.25, -0.2) is 14.8 Å². The summed E-state index contributed by atoms with van der Waals surface area (Å²) < 4.78 is 143. The third-order valence-corrected chi connectivity index (χ3v) is 20.8. The number of nitrogens with zero attached hydrogens (tertiary/aromatic N) is 5. The number of unbranched alkanes of at least 4 members (excludes halogenated alkanes) is 4. The van der Waals surface area contributed by atoms with Gasteiger partial charge in [-0.2, -0.15) is 38.7 Å². The van der Waals surface area contributed by atoms with Crippen molar-refractivity contribution in [1.29, 1.82) is 0 Å². The first-order chi connectivity index (χ1) is 46.5. The molecule has 0 saturated carbocycles. The number of aliphatic carboxylic acids is 1. The minimum atomic E-state index is -4.62. The van der Waals surface area contributed by atoms with Crippen molar-refractivity contribution >= 4 is 92.5 Å². The maximum absolute atomic E-state index is 13.1. The van der Waals surface area contributed by atoms with Gasteiger partial charge in [0, 0.05) is 65.2 Å². The van der Waals surface area contributed by atoms with E-state index in [0.29, 0.717) is 123 Å². The zero-order valence-electron chi connectivity index (χ0n) is 55.3. The molecule has 99 heavy (non-hydrogen) atoms. The van der Waals surface area contributed by atoms with Crippen molar-refractivity contribution in [2.75, 3.05) is 41.3 Å². The SMILES string of the molecule is Cc1ccc(S(=O)(=O)O)cc1C(C)(C)C(CCC1=C(Oc2ccc(S(=O)(=O)O)cc2)/C(=C/C=C2/N(CCCCS(=O)(=O)O)c3ccc(S(=O)(=O)O)cc3C2(C)C)CCC1)=NCCCCCC(=O)NCCCC[C@H](NC(=O)c1ccc(NCc2cnc3nc(N)[nH]c(=O)c3n2)cc1)C(=O)O. The van der Waals surface area contributed by atoms with E-state index in [9.17, 15) is 76.2 Å². The molecular weight excluding hydrogens is 1360 g/mol. The number of rotatable bonds is 33. The van der Waals surface area contributed by atoms with Gasteiger partial charge in [0.2, 0.25) is 11.9 Å². The predicted molar refractivity (Wildman–Crippen MR) is 372 cm³/mol. The summed E-state index contributed by atoms with van der Waals surface area (Å²) in [5, 5.41) is 18.5. The summed E-state index contributed by atoms with van der Waals surface area (Å²) in [5.74, 6) is -1.86. The van der Waals surface area contributed by atoms with E-state index >= 15 is 0 Å². The number of anilines is 3. The minimum absolute atomic E-state index is 0.0284. The van der Waals surface area contributed by atoms with Gasteiger partial charge < -0.3 is 36.4 Å². The maximum Gasteiger partial charge on any atom is 0.326 e. The van der Waals surface area contributed by atoms with Gasteiger partial charge in [-0.3, -0.25) is 42.6 Å². The highest BCUT2D eigenvalue weighted by molar-refractivity contribution is 7.86. The van der Waals surface area contributed by atoms with Crippen LogP contribution in [0.4, 0.5) is 17.3 Å². The predicted octanol–water partition coefficient (Wildman–Crippen LogP) is 8.98. The lowest BCUT2D eigenvalue weighted by Gasteiger charge is -2.31. The van der Waals surface area contributed by atoms with Gasteiger partial charge in [0.05, 0.1) is 38.9 Å². The molecule has 0 bridgehead atoms. The Kier molecular flexibility index (Phi) is 24.6. The number of carbonyl (C=O) groups is 3. The van der Waals surface area contributed by atoms with Crippen LogP contribution in [0.3, 0.4) is 0 Å². The maximum atomic E-state index is 13.1. The van der Waals surface area contributed by atoms with Crippen molar-refractivity contribution in [1.82, 2.24) is 30.6 Å². The van der Waals surface area contributed by atoms with Crippen molar-refractivity contribution in [3.63, 3.8) is 0 Å². The fraction of sp³-hybridized carbons (Fsp3) is 0.403. The van der Waals surface area contributed by atoms with Crippen LogP contribution in [0.15, 0.2) is 150 Å². The zero-order valence-corrected chi connectivity index (χ0v) is 58.6. The summed E-state index contributed by atoms with van der Waals surface area (Å²) in [6, 6.07) is 19.0. The second-order valence-corrected chi connectivity index (χ2v) is 31.2. The molecule has 8 rings (SSSR count). The lowest BCUT2D eigenvalue weighted by molar-refractivity contribution is -0.139. The zero-order chi connectivity index (χ0) is 72.3. The normalized spacial score (nSPS) is 15.7. The summed E-state index contributed by atoms with van der Waals surface area (Å²) >= 11 is 0. The highest BCUT2D eigenvalue weighted by atomic mass is 32.2. The number of aromatic amines is 1. The number of aryl methyl sites for hydroxylation is 1. The second kappa shape index (κ2) is 32.1. The Bertz CT molecular complexity index is 4690. The molecule has 0 unspecified atom stereocenters. The number of nitrogens with one attached hydrogen (secondary N) is 4. The average molecular weight is 1440 g/mol. The molecule has 6 aromatic rings. The van der Waals surface area contributed by atoms with Crippen molar-refractivity contribution in [2.45, 2.75) is 163 Å². The minimum Gasteiger partial charge on any atom is -0.480 e. The van der Waals surface area contributed by atoms with Crippen LogP contribution in [0.2, 0.25) is 0 Å². The number of amides is 2. The van der Waals surface area contributed by atoms with Gasteiger partial charge in [0.1, 0.15) is 17.6 Å². The van der Waals surface area contributed by atoms with Crippen LogP contribution in [0.25, 0.3) is 11.2 Å². The molecular formula is C67H82N10O18S4. The van der Waals surface area contributed by atoms with Gasteiger partial charge in [-0.05, 0) is 197 Å². The standard InChI is InChI=1S/C67H82N10O18S4/c1-42-18-27-50(98(89,90)91)38-52(42)66(2,3)56(69-34-9-6-7-17-58(78)70-35-10-8-16-54(64(81)82)74-62(79)45-19-23-46(24-20-45)71-40-47-41-72-61-59(73-47)63(80)76-65(68)75-61)32-21-43-14-13-15-44(60(43)95-48-25-28-49(29-26-48)97(86,87)88)22-33-57-67(4,5)53-39-51(99(92,93)94)30-31-55(53)77(57)36-11-12-37-96(83,84)85/h18-20,22-31,33,38-39,41,54,71H,6-17,21,32,34-37,40H2,1-5H3,(H,70,78)(H,74,79)(H,81,82)(H,83,84,85)(H,86,87,88)(H,89,90,91)(H,92,93,94)(H3,68,72,75,76,80)/b44-22+,57-33+,69-56?/t54-/m0/s1. The smallest absolute Gasteiger partial charge is 0.326 e. The molecule has 0 fully saturated rings. The summed E-state index contributed by atoms with van der Waals surface area (Å²) in [5.41, 5.74) is 10.1. The third kappa shape index (κ3) is 20.5.